The van der Waals surface area contributed by atoms with E-state index in [1.165, 1.54) is 5.56 Å². The molecule has 0 saturated heterocycles. The molecule has 3 aromatic rings. The van der Waals surface area contributed by atoms with Crippen molar-refractivity contribution in [2.24, 2.45) is 0 Å². The van der Waals surface area contributed by atoms with Crippen molar-refractivity contribution in [2.75, 3.05) is 4.72 Å². The number of hydrogen-bond acceptors (Lipinski definition) is 3. The van der Waals surface area contributed by atoms with Gasteiger partial charge in [-0.15, -0.1) is 0 Å². The molecular formula is C26H30N2O3S. The topological polar surface area (TPSA) is 75.3 Å². The molecule has 0 aliphatic heterocycles. The average Bonchev–Trinajstić information content (AvgIpc) is 2.79. The first-order chi connectivity index (χ1) is 15.3. The van der Waals surface area contributed by atoms with Crippen molar-refractivity contribution < 1.29 is 13.2 Å². The minimum Gasteiger partial charge on any atom is -0.354 e. The maximum Gasteiger partial charge on any atom is 0.261 e. The van der Waals surface area contributed by atoms with Gasteiger partial charge in [-0.05, 0) is 68.5 Å². The molecule has 0 saturated carbocycles. The van der Waals surface area contributed by atoms with E-state index in [2.05, 4.69) is 22.2 Å². The van der Waals surface area contributed by atoms with Crippen LogP contribution in [-0.4, -0.2) is 20.4 Å². The van der Waals surface area contributed by atoms with Gasteiger partial charge in [0.05, 0.1) is 4.90 Å². The molecule has 2 N–H and O–H groups in total. The predicted octanol–water partition coefficient (Wildman–Crippen LogP) is 4.87. The smallest absolute Gasteiger partial charge is 0.261 e. The fourth-order valence-electron chi connectivity index (χ4n) is 3.38. The van der Waals surface area contributed by atoms with Gasteiger partial charge in [0.25, 0.3) is 10.0 Å². The maximum atomic E-state index is 12.6. The van der Waals surface area contributed by atoms with Gasteiger partial charge in [0.2, 0.25) is 5.91 Å². The Hall–Kier alpha value is -3.12. The first-order valence-corrected chi connectivity index (χ1v) is 12.3. The zero-order valence-electron chi connectivity index (χ0n) is 18.5. The molecule has 1 atom stereocenters. The van der Waals surface area contributed by atoms with Crippen LogP contribution in [0.1, 0.15) is 36.5 Å². The van der Waals surface area contributed by atoms with Crippen LogP contribution in [0.4, 0.5) is 5.69 Å². The van der Waals surface area contributed by atoms with Crippen molar-refractivity contribution in [3.05, 3.63) is 95.6 Å². The summed E-state index contributed by atoms with van der Waals surface area (Å²) in [5, 5.41) is 3.04. The fourth-order valence-corrected chi connectivity index (χ4v) is 4.43. The second kappa shape index (κ2) is 11.0. The van der Waals surface area contributed by atoms with Crippen molar-refractivity contribution in [1.29, 1.82) is 0 Å². The summed E-state index contributed by atoms with van der Waals surface area (Å²) in [5.41, 5.74) is 3.77. The lowest BCUT2D eigenvalue weighted by atomic mass is 10.1. The van der Waals surface area contributed by atoms with Gasteiger partial charge in [0.15, 0.2) is 0 Å². The van der Waals surface area contributed by atoms with Crippen LogP contribution in [0.2, 0.25) is 0 Å². The predicted molar refractivity (Wildman–Crippen MR) is 129 cm³/mol. The van der Waals surface area contributed by atoms with Gasteiger partial charge in [0.1, 0.15) is 0 Å². The molecule has 0 aliphatic carbocycles. The van der Waals surface area contributed by atoms with Crippen LogP contribution in [0.5, 0.6) is 0 Å². The van der Waals surface area contributed by atoms with Crippen LogP contribution >= 0.6 is 0 Å². The Balaban J connectivity index is 1.46. The third kappa shape index (κ3) is 7.24. The standard InChI is InChI=1S/C26H30N2O3S/c1-20-8-15-24(16-9-20)28-32(30,31)25-17-12-23(13-18-25)14-19-26(29)27-21(2)10-11-22-6-4-3-5-7-22/h3-9,12-13,15-18,21,28H,10-11,14,19H2,1-2H3,(H,27,29)/t21-/m0/s1. The molecule has 6 heteroatoms. The Labute approximate surface area is 190 Å². The Morgan fingerprint density at radius 1 is 0.844 bits per heavy atom. The van der Waals surface area contributed by atoms with Gasteiger partial charge in [-0.25, -0.2) is 8.42 Å². The lowest BCUT2D eigenvalue weighted by Gasteiger charge is -2.14. The number of rotatable bonds is 10. The van der Waals surface area contributed by atoms with Crippen molar-refractivity contribution in [3.8, 4) is 0 Å². The average molecular weight is 451 g/mol. The van der Waals surface area contributed by atoms with Crippen LogP contribution < -0.4 is 10.0 Å². The summed E-state index contributed by atoms with van der Waals surface area (Å²) in [7, 11) is -3.65. The van der Waals surface area contributed by atoms with Crippen LogP contribution in [0.15, 0.2) is 83.8 Å². The zero-order valence-corrected chi connectivity index (χ0v) is 19.4. The summed E-state index contributed by atoms with van der Waals surface area (Å²) in [6.45, 7) is 3.96. The highest BCUT2D eigenvalue weighted by molar-refractivity contribution is 7.92. The molecule has 0 aliphatic rings. The van der Waals surface area contributed by atoms with Crippen LogP contribution in [0.3, 0.4) is 0 Å². The lowest BCUT2D eigenvalue weighted by molar-refractivity contribution is -0.121. The van der Waals surface area contributed by atoms with Crippen LogP contribution in [0, 0.1) is 6.92 Å². The molecule has 0 heterocycles. The molecule has 0 fully saturated rings. The normalized spacial score (nSPS) is 12.2. The van der Waals surface area contributed by atoms with E-state index >= 15 is 0 Å². The van der Waals surface area contributed by atoms with Gasteiger partial charge >= 0.3 is 0 Å². The van der Waals surface area contributed by atoms with E-state index in [1.807, 2.05) is 44.2 Å². The van der Waals surface area contributed by atoms with E-state index in [0.29, 0.717) is 18.5 Å². The Morgan fingerprint density at radius 3 is 2.12 bits per heavy atom. The summed E-state index contributed by atoms with van der Waals surface area (Å²) in [4.78, 5) is 12.5. The lowest BCUT2D eigenvalue weighted by Crippen LogP contribution is -2.33. The van der Waals surface area contributed by atoms with Crippen LogP contribution in [0.25, 0.3) is 0 Å². The van der Waals surface area contributed by atoms with E-state index in [-0.39, 0.29) is 16.8 Å². The largest absolute Gasteiger partial charge is 0.354 e. The van der Waals surface area contributed by atoms with E-state index in [0.717, 1.165) is 24.0 Å². The number of nitrogens with one attached hydrogen (secondary N) is 2. The molecule has 0 unspecified atom stereocenters. The van der Waals surface area contributed by atoms with Crippen molar-refractivity contribution in [2.45, 2.75) is 50.5 Å². The quantitative estimate of drug-likeness (QED) is 0.463. The highest BCUT2D eigenvalue weighted by Gasteiger charge is 2.14. The second-order valence-corrected chi connectivity index (χ2v) is 9.79. The zero-order chi connectivity index (χ0) is 23.0. The number of sulfonamides is 1. The summed E-state index contributed by atoms with van der Waals surface area (Å²) < 4.78 is 27.7. The second-order valence-electron chi connectivity index (χ2n) is 8.11. The fraction of sp³-hybridized carbons (Fsp3) is 0.269. The third-order valence-corrected chi connectivity index (χ3v) is 6.69. The van der Waals surface area contributed by atoms with Crippen molar-refractivity contribution in [3.63, 3.8) is 0 Å². The summed E-state index contributed by atoms with van der Waals surface area (Å²) in [6.07, 6.45) is 2.73. The number of aryl methyl sites for hydroxylation is 3. The minimum absolute atomic E-state index is 0.00305. The summed E-state index contributed by atoms with van der Waals surface area (Å²) >= 11 is 0. The molecule has 1 amide bonds. The van der Waals surface area contributed by atoms with E-state index in [1.54, 1.807) is 36.4 Å². The highest BCUT2D eigenvalue weighted by Crippen LogP contribution is 2.17. The van der Waals surface area contributed by atoms with E-state index in [9.17, 15) is 13.2 Å². The number of amides is 1. The molecular weight excluding hydrogens is 420 g/mol. The monoisotopic (exact) mass is 450 g/mol. The summed E-state index contributed by atoms with van der Waals surface area (Å²) in [6, 6.07) is 24.2. The first-order valence-electron chi connectivity index (χ1n) is 10.8. The molecule has 0 spiro atoms. The summed E-state index contributed by atoms with van der Waals surface area (Å²) in [5.74, 6) is 0.00305. The maximum absolute atomic E-state index is 12.6. The third-order valence-electron chi connectivity index (χ3n) is 5.29. The van der Waals surface area contributed by atoms with E-state index < -0.39 is 10.0 Å². The van der Waals surface area contributed by atoms with Crippen molar-refractivity contribution in [1.82, 2.24) is 5.32 Å². The molecule has 0 aromatic heterocycles. The van der Waals surface area contributed by atoms with Gasteiger partial charge in [-0.1, -0.05) is 60.2 Å². The Morgan fingerprint density at radius 2 is 1.47 bits per heavy atom. The number of benzene rings is 3. The van der Waals surface area contributed by atoms with Gasteiger partial charge < -0.3 is 5.32 Å². The number of carbonyl (C=O) groups is 1. The Bertz CT molecular complexity index is 1110. The molecule has 0 radical (unpaired) electrons. The van der Waals surface area contributed by atoms with Gasteiger partial charge in [-0.3, -0.25) is 9.52 Å². The number of carbonyl (C=O) groups excluding carboxylic acids is 1. The van der Waals surface area contributed by atoms with Gasteiger partial charge in [-0.2, -0.15) is 0 Å². The first kappa shape index (κ1) is 23.5. The van der Waals surface area contributed by atoms with E-state index in [4.69, 9.17) is 0 Å². The molecule has 5 nitrogen and oxygen atoms in total. The molecule has 3 rings (SSSR count). The minimum atomic E-state index is -3.65. The Kier molecular flexibility index (Phi) is 8.06. The number of hydrogen-bond donors (Lipinski definition) is 2. The van der Waals surface area contributed by atoms with Gasteiger partial charge in [0, 0.05) is 18.2 Å². The molecule has 168 valence electrons. The highest BCUT2D eigenvalue weighted by atomic mass is 32.2. The SMILES string of the molecule is Cc1ccc(NS(=O)(=O)c2ccc(CCC(=O)N[C@@H](C)CCc3ccccc3)cc2)cc1. The molecule has 0 bridgehead atoms. The number of anilines is 1. The van der Waals surface area contributed by atoms with Crippen LogP contribution in [-0.2, 0) is 27.7 Å². The molecule has 32 heavy (non-hydrogen) atoms. The van der Waals surface area contributed by atoms with Crippen molar-refractivity contribution >= 4 is 21.6 Å². The molecule has 3 aromatic carbocycles.